The van der Waals surface area contributed by atoms with Crippen LogP contribution >= 0.6 is 15.9 Å². The highest BCUT2D eigenvalue weighted by Gasteiger charge is 2.37. The van der Waals surface area contributed by atoms with E-state index in [-0.39, 0.29) is 4.75 Å². The first-order chi connectivity index (χ1) is 8.19. The fourth-order valence-electron chi connectivity index (χ4n) is 1.31. The van der Waals surface area contributed by atoms with Gasteiger partial charge < -0.3 is 4.55 Å². The summed E-state index contributed by atoms with van der Waals surface area (Å²) in [5.41, 5.74) is 0.410. The van der Waals surface area contributed by atoms with Gasteiger partial charge in [0, 0.05) is 17.6 Å². The standard InChI is InChI=1S/C12H20BrN3OS/c1-6-12(5,16-18(17)11(2,3)4)9-7-8-14-10(13)15-9/h7-8,16H,6H2,1-5H3. The molecule has 0 aliphatic heterocycles. The van der Waals surface area contributed by atoms with Crippen molar-refractivity contribution >= 4 is 27.3 Å². The third kappa shape index (κ3) is 3.91. The monoisotopic (exact) mass is 333 g/mol. The summed E-state index contributed by atoms with van der Waals surface area (Å²) in [5, 5.41) is 0. The summed E-state index contributed by atoms with van der Waals surface area (Å²) in [4.78, 5) is 8.38. The van der Waals surface area contributed by atoms with Gasteiger partial charge in [0.15, 0.2) is 4.73 Å². The van der Waals surface area contributed by atoms with Crippen LogP contribution in [-0.2, 0) is 16.9 Å². The van der Waals surface area contributed by atoms with Crippen LogP contribution in [0.2, 0.25) is 0 Å². The molecule has 1 rings (SSSR count). The molecule has 1 heterocycles. The summed E-state index contributed by atoms with van der Waals surface area (Å²) >= 11 is 2.12. The van der Waals surface area contributed by atoms with Crippen molar-refractivity contribution in [1.29, 1.82) is 0 Å². The normalized spacial score (nSPS) is 17.3. The lowest BCUT2D eigenvalue weighted by Gasteiger charge is -2.33. The third-order valence-corrected chi connectivity index (χ3v) is 4.90. The van der Waals surface area contributed by atoms with Crippen LogP contribution in [0.25, 0.3) is 0 Å². The molecule has 102 valence electrons. The second-order valence-corrected chi connectivity index (χ2v) is 8.06. The van der Waals surface area contributed by atoms with E-state index in [4.69, 9.17) is 0 Å². The summed E-state index contributed by atoms with van der Waals surface area (Å²) in [6.45, 7) is 9.89. The van der Waals surface area contributed by atoms with Crippen LogP contribution in [0.3, 0.4) is 0 Å². The molecule has 0 saturated heterocycles. The number of halogens is 1. The topological polar surface area (TPSA) is 60.9 Å². The van der Waals surface area contributed by atoms with Gasteiger partial charge >= 0.3 is 0 Å². The minimum Gasteiger partial charge on any atom is -0.598 e. The predicted molar refractivity (Wildman–Crippen MR) is 78.4 cm³/mol. The second-order valence-electron chi connectivity index (χ2n) is 5.38. The van der Waals surface area contributed by atoms with Gasteiger partial charge in [0.05, 0.1) is 5.69 Å². The van der Waals surface area contributed by atoms with Gasteiger partial charge in [0.25, 0.3) is 0 Å². The quantitative estimate of drug-likeness (QED) is 0.679. The van der Waals surface area contributed by atoms with E-state index in [1.807, 2.05) is 40.7 Å². The zero-order valence-corrected chi connectivity index (χ0v) is 13.9. The molecule has 2 unspecified atom stereocenters. The van der Waals surface area contributed by atoms with E-state index in [9.17, 15) is 4.55 Å². The van der Waals surface area contributed by atoms with Crippen molar-refractivity contribution in [3.05, 3.63) is 22.7 Å². The van der Waals surface area contributed by atoms with Crippen molar-refractivity contribution in [2.45, 2.75) is 51.3 Å². The molecule has 1 aromatic rings. The first kappa shape index (κ1) is 15.9. The lowest BCUT2D eigenvalue weighted by Crippen LogP contribution is -2.50. The molecule has 18 heavy (non-hydrogen) atoms. The Morgan fingerprint density at radius 1 is 1.39 bits per heavy atom. The predicted octanol–water partition coefficient (Wildman–Crippen LogP) is 2.92. The molecule has 2 atom stereocenters. The molecule has 0 spiro atoms. The zero-order chi connectivity index (χ0) is 14.0. The molecule has 0 saturated carbocycles. The van der Waals surface area contributed by atoms with Crippen LogP contribution in [0.15, 0.2) is 17.0 Å². The number of hydrogen-bond acceptors (Lipinski definition) is 4. The van der Waals surface area contributed by atoms with Gasteiger partial charge in [-0.1, -0.05) is 6.92 Å². The molecule has 6 heteroatoms. The van der Waals surface area contributed by atoms with Crippen molar-refractivity contribution < 1.29 is 4.55 Å². The average Bonchev–Trinajstić information content (AvgIpc) is 2.27. The minimum absolute atomic E-state index is 0.305. The number of hydrogen-bond donors (Lipinski definition) is 1. The fraction of sp³-hybridized carbons (Fsp3) is 0.667. The molecular weight excluding hydrogens is 314 g/mol. The van der Waals surface area contributed by atoms with Gasteiger partial charge in [-0.2, -0.15) is 0 Å². The summed E-state index contributed by atoms with van der Waals surface area (Å²) in [6, 6.07) is 1.85. The highest BCUT2D eigenvalue weighted by atomic mass is 79.9. The van der Waals surface area contributed by atoms with E-state index in [2.05, 4.69) is 30.6 Å². The van der Waals surface area contributed by atoms with Gasteiger partial charge in [-0.05, 0) is 56.1 Å². The van der Waals surface area contributed by atoms with E-state index < -0.39 is 16.9 Å². The van der Waals surface area contributed by atoms with Crippen molar-refractivity contribution in [2.75, 3.05) is 0 Å². The highest BCUT2D eigenvalue weighted by Crippen LogP contribution is 2.27. The van der Waals surface area contributed by atoms with Crippen molar-refractivity contribution in [3.8, 4) is 0 Å². The molecule has 4 nitrogen and oxygen atoms in total. The van der Waals surface area contributed by atoms with E-state index in [1.54, 1.807) is 6.20 Å². The Bertz CT molecular complexity index is 411. The molecular formula is C12H20BrN3OS. The first-order valence-electron chi connectivity index (χ1n) is 5.88. The van der Waals surface area contributed by atoms with Crippen LogP contribution in [0.4, 0.5) is 0 Å². The van der Waals surface area contributed by atoms with Gasteiger partial charge in [-0.3, -0.25) is 0 Å². The lowest BCUT2D eigenvalue weighted by molar-refractivity contribution is 0.396. The second kappa shape index (κ2) is 5.86. The molecule has 1 aromatic heterocycles. The number of nitrogens with one attached hydrogen (secondary N) is 1. The van der Waals surface area contributed by atoms with Gasteiger partial charge in [-0.15, -0.1) is 4.72 Å². The van der Waals surface area contributed by atoms with Crippen LogP contribution in [0.1, 0.15) is 46.7 Å². The molecule has 0 aliphatic rings. The van der Waals surface area contributed by atoms with Gasteiger partial charge in [0.1, 0.15) is 10.3 Å². The molecule has 0 bridgehead atoms. The smallest absolute Gasteiger partial charge is 0.196 e. The summed E-state index contributed by atoms with van der Waals surface area (Å²) in [5.74, 6) is 0. The molecule has 0 radical (unpaired) electrons. The van der Waals surface area contributed by atoms with Crippen LogP contribution in [0.5, 0.6) is 0 Å². The number of nitrogens with zero attached hydrogens (tertiary/aromatic N) is 2. The van der Waals surface area contributed by atoms with Crippen LogP contribution in [0, 0.1) is 0 Å². The van der Waals surface area contributed by atoms with Gasteiger partial charge in [0.2, 0.25) is 0 Å². The average molecular weight is 334 g/mol. The van der Waals surface area contributed by atoms with Crippen molar-refractivity contribution in [2.24, 2.45) is 0 Å². The largest absolute Gasteiger partial charge is 0.598 e. The van der Waals surface area contributed by atoms with Crippen LogP contribution in [-0.4, -0.2) is 19.3 Å². The molecule has 0 aromatic carbocycles. The Labute approximate surface area is 120 Å². The summed E-state index contributed by atoms with van der Waals surface area (Å²) in [6.07, 6.45) is 2.49. The lowest BCUT2D eigenvalue weighted by atomic mass is 9.96. The zero-order valence-electron chi connectivity index (χ0n) is 11.5. The Balaban J connectivity index is 2.99. The Morgan fingerprint density at radius 3 is 2.44 bits per heavy atom. The maximum atomic E-state index is 12.2. The van der Waals surface area contributed by atoms with E-state index in [0.717, 1.165) is 12.1 Å². The summed E-state index contributed by atoms with van der Waals surface area (Å²) < 4.78 is 15.7. The van der Waals surface area contributed by atoms with E-state index in [0.29, 0.717) is 4.73 Å². The maximum Gasteiger partial charge on any atom is 0.196 e. The minimum atomic E-state index is -1.14. The Hall–Kier alpha value is -0.170. The molecule has 0 amide bonds. The molecule has 1 N–H and O–H groups in total. The van der Waals surface area contributed by atoms with Crippen molar-refractivity contribution in [3.63, 3.8) is 0 Å². The maximum absolute atomic E-state index is 12.2. The van der Waals surface area contributed by atoms with E-state index in [1.165, 1.54) is 0 Å². The number of aromatic nitrogens is 2. The third-order valence-electron chi connectivity index (χ3n) is 2.77. The van der Waals surface area contributed by atoms with Crippen molar-refractivity contribution in [1.82, 2.24) is 14.7 Å². The number of rotatable bonds is 4. The van der Waals surface area contributed by atoms with Gasteiger partial charge in [-0.25, -0.2) is 9.97 Å². The Kier molecular flexibility index (Phi) is 5.17. The van der Waals surface area contributed by atoms with Crippen LogP contribution < -0.4 is 4.72 Å². The molecule has 0 fully saturated rings. The fourth-order valence-corrected chi connectivity index (χ4v) is 2.58. The first-order valence-corrected chi connectivity index (χ1v) is 7.82. The SMILES string of the molecule is CCC(C)(N[S+]([O-])C(C)(C)C)c1ccnc(Br)n1. The molecule has 0 aliphatic carbocycles. The highest BCUT2D eigenvalue weighted by molar-refractivity contribution is 9.10. The van der Waals surface area contributed by atoms with E-state index >= 15 is 0 Å². The Morgan fingerprint density at radius 2 is 2.00 bits per heavy atom. The summed E-state index contributed by atoms with van der Waals surface area (Å²) in [7, 11) is 0.